The topological polar surface area (TPSA) is 97.9 Å². The van der Waals surface area contributed by atoms with Gasteiger partial charge in [0.05, 0.1) is 0 Å². The van der Waals surface area contributed by atoms with Crippen molar-refractivity contribution in [2.75, 3.05) is 5.32 Å². The predicted molar refractivity (Wildman–Crippen MR) is 93.8 cm³/mol. The van der Waals surface area contributed by atoms with E-state index in [4.69, 9.17) is 4.52 Å². The number of nitrogens with one attached hydrogen (secondary N) is 2. The third kappa shape index (κ3) is 3.85. The Hall–Kier alpha value is -3.16. The van der Waals surface area contributed by atoms with E-state index in [-0.39, 0.29) is 12.1 Å². The van der Waals surface area contributed by atoms with Gasteiger partial charge >= 0.3 is 6.03 Å². The van der Waals surface area contributed by atoms with Crippen LogP contribution in [0.2, 0.25) is 0 Å². The van der Waals surface area contributed by atoms with Crippen LogP contribution in [0.4, 0.5) is 10.5 Å². The van der Waals surface area contributed by atoms with Gasteiger partial charge in [-0.3, -0.25) is 4.68 Å². The molecule has 0 aliphatic rings. The summed E-state index contributed by atoms with van der Waals surface area (Å²) in [5, 5.41) is 13.8. The average Bonchev–Trinajstić information content (AvgIpc) is 3.23. The van der Waals surface area contributed by atoms with E-state index in [9.17, 15) is 4.79 Å². The van der Waals surface area contributed by atoms with E-state index in [1.165, 1.54) is 0 Å². The Balaban J connectivity index is 1.77. The molecule has 2 amide bonds. The van der Waals surface area contributed by atoms with Gasteiger partial charge in [0.25, 0.3) is 5.89 Å². The first-order valence-electron chi connectivity index (χ1n) is 8.07. The summed E-state index contributed by atoms with van der Waals surface area (Å²) in [7, 11) is 1.81. The number of anilines is 1. The summed E-state index contributed by atoms with van der Waals surface area (Å²) in [4.78, 5) is 16.3. The fourth-order valence-electron chi connectivity index (χ4n) is 2.26. The largest absolute Gasteiger partial charge is 0.335 e. The highest BCUT2D eigenvalue weighted by molar-refractivity contribution is 5.90. The fraction of sp³-hybridized carbons (Fsp3) is 0.294. The van der Waals surface area contributed by atoms with Crippen molar-refractivity contribution < 1.29 is 9.32 Å². The van der Waals surface area contributed by atoms with Crippen LogP contribution in [-0.4, -0.2) is 32.0 Å². The summed E-state index contributed by atoms with van der Waals surface area (Å²) >= 11 is 0. The van der Waals surface area contributed by atoms with Crippen LogP contribution in [0.3, 0.4) is 0 Å². The molecular weight excluding hydrogens is 320 g/mol. The molecular formula is C17H20N6O2. The molecule has 0 spiro atoms. The average molecular weight is 340 g/mol. The maximum atomic E-state index is 11.9. The minimum absolute atomic E-state index is 0.113. The van der Waals surface area contributed by atoms with E-state index in [2.05, 4.69) is 25.9 Å². The maximum Gasteiger partial charge on any atom is 0.319 e. The molecule has 8 heteroatoms. The third-order valence-electron chi connectivity index (χ3n) is 3.83. The number of urea groups is 1. The molecule has 1 atom stereocenters. The van der Waals surface area contributed by atoms with Crippen molar-refractivity contribution in [3.63, 3.8) is 0 Å². The molecule has 1 aromatic carbocycles. The van der Waals surface area contributed by atoms with Crippen molar-refractivity contribution in [1.82, 2.24) is 25.2 Å². The Kier molecular flexibility index (Phi) is 4.78. The van der Waals surface area contributed by atoms with Crippen LogP contribution >= 0.6 is 0 Å². The van der Waals surface area contributed by atoms with Crippen LogP contribution in [0, 0.1) is 0 Å². The first-order valence-corrected chi connectivity index (χ1v) is 8.07. The van der Waals surface area contributed by atoms with E-state index in [1.54, 1.807) is 30.1 Å². The SMILES string of the molecule is CC[C@@H](C)NC(=O)Nc1cccc(-c2noc(-c3ccnn3C)n2)c1. The quantitative estimate of drug-likeness (QED) is 0.744. The zero-order valence-electron chi connectivity index (χ0n) is 14.4. The Morgan fingerprint density at radius 1 is 1.36 bits per heavy atom. The molecule has 0 bridgehead atoms. The Morgan fingerprint density at radius 2 is 2.20 bits per heavy atom. The molecule has 0 fully saturated rings. The molecule has 3 aromatic rings. The Bertz CT molecular complexity index is 869. The predicted octanol–water partition coefficient (Wildman–Crippen LogP) is 3.06. The lowest BCUT2D eigenvalue weighted by Gasteiger charge is -2.12. The number of rotatable bonds is 5. The smallest absolute Gasteiger partial charge is 0.319 e. The molecule has 2 aromatic heterocycles. The number of hydrogen-bond acceptors (Lipinski definition) is 5. The van der Waals surface area contributed by atoms with E-state index in [0.29, 0.717) is 17.4 Å². The lowest BCUT2D eigenvalue weighted by atomic mass is 10.2. The highest BCUT2D eigenvalue weighted by Gasteiger charge is 2.14. The number of aryl methyl sites for hydroxylation is 1. The first kappa shape index (κ1) is 16.7. The zero-order valence-corrected chi connectivity index (χ0v) is 14.4. The summed E-state index contributed by atoms with van der Waals surface area (Å²) in [5.41, 5.74) is 2.14. The Morgan fingerprint density at radius 3 is 2.92 bits per heavy atom. The lowest BCUT2D eigenvalue weighted by Crippen LogP contribution is -2.35. The molecule has 25 heavy (non-hydrogen) atoms. The van der Waals surface area contributed by atoms with Crippen molar-refractivity contribution in [1.29, 1.82) is 0 Å². The normalized spacial score (nSPS) is 12.0. The van der Waals surface area contributed by atoms with Crippen LogP contribution in [-0.2, 0) is 7.05 Å². The van der Waals surface area contributed by atoms with Gasteiger partial charge in [0.2, 0.25) is 5.82 Å². The van der Waals surface area contributed by atoms with Gasteiger partial charge in [-0.15, -0.1) is 0 Å². The number of benzene rings is 1. The lowest BCUT2D eigenvalue weighted by molar-refractivity contribution is 0.249. The summed E-state index contributed by atoms with van der Waals surface area (Å²) < 4.78 is 6.97. The molecule has 2 heterocycles. The van der Waals surface area contributed by atoms with Gasteiger partial charge in [-0.2, -0.15) is 10.1 Å². The maximum absolute atomic E-state index is 11.9. The minimum Gasteiger partial charge on any atom is -0.335 e. The summed E-state index contributed by atoms with van der Waals surface area (Å²) in [5.74, 6) is 0.838. The van der Waals surface area contributed by atoms with E-state index in [1.807, 2.05) is 32.0 Å². The van der Waals surface area contributed by atoms with Crippen LogP contribution in [0.15, 0.2) is 41.1 Å². The second-order valence-electron chi connectivity index (χ2n) is 5.75. The van der Waals surface area contributed by atoms with Crippen molar-refractivity contribution in [2.45, 2.75) is 26.3 Å². The minimum atomic E-state index is -0.241. The fourth-order valence-corrected chi connectivity index (χ4v) is 2.26. The van der Waals surface area contributed by atoms with Gasteiger partial charge in [-0.1, -0.05) is 24.2 Å². The standard InChI is InChI=1S/C17H20N6O2/c1-4-11(2)19-17(24)20-13-7-5-6-12(10-13)15-21-16(25-22-15)14-8-9-18-23(14)3/h5-11H,4H2,1-3H3,(H2,19,20,24)/t11-/m1/s1. The van der Waals surface area contributed by atoms with E-state index >= 15 is 0 Å². The van der Waals surface area contributed by atoms with Gasteiger partial charge in [0.15, 0.2) is 0 Å². The van der Waals surface area contributed by atoms with Crippen molar-refractivity contribution >= 4 is 11.7 Å². The van der Waals surface area contributed by atoms with Crippen LogP contribution < -0.4 is 10.6 Å². The number of carbonyl (C=O) groups excluding carboxylic acids is 1. The van der Waals surface area contributed by atoms with E-state index < -0.39 is 0 Å². The van der Waals surface area contributed by atoms with Crippen LogP contribution in [0.5, 0.6) is 0 Å². The number of amides is 2. The van der Waals surface area contributed by atoms with E-state index in [0.717, 1.165) is 17.7 Å². The number of hydrogen-bond donors (Lipinski definition) is 2. The second-order valence-corrected chi connectivity index (χ2v) is 5.75. The molecule has 0 saturated heterocycles. The third-order valence-corrected chi connectivity index (χ3v) is 3.83. The number of nitrogens with zero attached hydrogens (tertiary/aromatic N) is 4. The Labute approximate surface area is 145 Å². The van der Waals surface area contributed by atoms with Crippen LogP contribution in [0.25, 0.3) is 23.0 Å². The summed E-state index contributed by atoms with van der Waals surface area (Å²) in [6.07, 6.45) is 2.53. The molecule has 0 unspecified atom stereocenters. The van der Waals surface area contributed by atoms with Gasteiger partial charge < -0.3 is 15.2 Å². The molecule has 8 nitrogen and oxygen atoms in total. The van der Waals surface area contributed by atoms with Gasteiger partial charge in [-0.05, 0) is 31.5 Å². The molecule has 0 aliphatic heterocycles. The molecule has 2 N–H and O–H groups in total. The first-order chi connectivity index (χ1) is 12.1. The number of carbonyl (C=O) groups is 1. The van der Waals surface area contributed by atoms with Gasteiger partial charge in [-0.25, -0.2) is 4.79 Å². The molecule has 3 rings (SSSR count). The van der Waals surface area contributed by atoms with Crippen molar-refractivity contribution in [3.8, 4) is 23.0 Å². The van der Waals surface area contributed by atoms with Crippen molar-refractivity contribution in [2.24, 2.45) is 7.05 Å². The molecule has 0 aliphatic carbocycles. The van der Waals surface area contributed by atoms with Gasteiger partial charge in [0.1, 0.15) is 5.69 Å². The highest BCUT2D eigenvalue weighted by Crippen LogP contribution is 2.23. The molecule has 130 valence electrons. The second kappa shape index (κ2) is 7.16. The van der Waals surface area contributed by atoms with Gasteiger partial charge in [0, 0.05) is 30.5 Å². The van der Waals surface area contributed by atoms with Crippen LogP contribution in [0.1, 0.15) is 20.3 Å². The monoisotopic (exact) mass is 340 g/mol. The molecule has 0 saturated carbocycles. The number of aromatic nitrogens is 4. The zero-order chi connectivity index (χ0) is 17.8. The molecule has 0 radical (unpaired) electrons. The highest BCUT2D eigenvalue weighted by atomic mass is 16.5. The summed E-state index contributed by atoms with van der Waals surface area (Å²) in [6.45, 7) is 3.97. The van der Waals surface area contributed by atoms with Crippen molar-refractivity contribution in [3.05, 3.63) is 36.5 Å². The summed E-state index contributed by atoms with van der Waals surface area (Å²) in [6, 6.07) is 8.96.